The van der Waals surface area contributed by atoms with Gasteiger partial charge in [0.1, 0.15) is 0 Å². The maximum Gasteiger partial charge on any atom is 0.0208 e. The highest BCUT2D eigenvalue weighted by molar-refractivity contribution is 5.86. The minimum atomic E-state index is 0.612. The molecule has 0 bridgehead atoms. The van der Waals surface area contributed by atoms with Crippen molar-refractivity contribution >= 4 is 21.5 Å². The molecule has 0 spiro atoms. The smallest absolute Gasteiger partial charge is 0.0208 e. The highest BCUT2D eigenvalue weighted by Crippen LogP contribution is 2.18. The second-order valence-corrected chi connectivity index (χ2v) is 6.01. The molecule has 3 N–H and O–H groups in total. The largest absolute Gasteiger partial charge is 0.326 e. The van der Waals surface area contributed by atoms with Gasteiger partial charge in [0.05, 0.1) is 0 Å². The van der Waals surface area contributed by atoms with E-state index >= 15 is 0 Å². The first-order valence-corrected chi connectivity index (χ1v) is 8.61. The van der Waals surface area contributed by atoms with Gasteiger partial charge in [-0.2, -0.15) is 0 Å². The summed E-state index contributed by atoms with van der Waals surface area (Å²) in [5.74, 6) is 0. The average Bonchev–Trinajstić information content (AvgIpc) is 2.68. The second-order valence-electron chi connectivity index (χ2n) is 6.01. The molecule has 0 radical (unpaired) electrons. The fourth-order valence-corrected chi connectivity index (χ4v) is 3.11. The van der Waals surface area contributed by atoms with E-state index in [2.05, 4.69) is 72.0 Å². The van der Waals surface area contributed by atoms with Crippen molar-refractivity contribution in [1.29, 1.82) is 0 Å². The van der Waals surface area contributed by atoms with E-state index in [1.54, 1.807) is 0 Å². The number of hydrogen-bond donors (Lipinski definition) is 2. The second kappa shape index (κ2) is 8.43. The van der Waals surface area contributed by atoms with Crippen molar-refractivity contribution in [1.82, 2.24) is 5.32 Å². The topological polar surface area (TPSA) is 38.0 Å². The maximum atomic E-state index is 5.62. The summed E-state index contributed by atoms with van der Waals surface area (Å²) >= 11 is 0. The zero-order chi connectivity index (χ0) is 17.5. The molecular formula is C23H24N2. The zero-order valence-corrected chi connectivity index (χ0v) is 14.6. The molecule has 0 fully saturated rings. The third-order valence-corrected chi connectivity index (χ3v) is 4.35. The van der Waals surface area contributed by atoms with Crippen LogP contribution in [0.4, 0.5) is 0 Å². The Morgan fingerprint density at radius 3 is 1.68 bits per heavy atom. The number of benzene rings is 4. The van der Waals surface area contributed by atoms with Gasteiger partial charge in [-0.25, -0.2) is 0 Å². The highest BCUT2D eigenvalue weighted by atomic mass is 14.8. The summed E-state index contributed by atoms with van der Waals surface area (Å²) in [5, 5.41) is 8.37. The van der Waals surface area contributed by atoms with Gasteiger partial charge in [-0.1, -0.05) is 84.9 Å². The van der Waals surface area contributed by atoms with E-state index in [0.717, 1.165) is 6.54 Å². The molecule has 0 saturated heterocycles. The van der Waals surface area contributed by atoms with Crippen molar-refractivity contribution in [2.24, 2.45) is 5.73 Å². The molecule has 4 rings (SSSR count). The quantitative estimate of drug-likeness (QED) is 0.564. The summed E-state index contributed by atoms with van der Waals surface area (Å²) in [4.78, 5) is 0. The van der Waals surface area contributed by atoms with E-state index in [9.17, 15) is 0 Å². The van der Waals surface area contributed by atoms with Crippen molar-refractivity contribution in [2.75, 3.05) is 7.05 Å². The average molecular weight is 328 g/mol. The van der Waals surface area contributed by atoms with Crippen LogP contribution >= 0.6 is 0 Å². The van der Waals surface area contributed by atoms with Crippen LogP contribution in [0.1, 0.15) is 11.1 Å². The van der Waals surface area contributed by atoms with Gasteiger partial charge >= 0.3 is 0 Å². The summed E-state index contributed by atoms with van der Waals surface area (Å²) in [6.45, 7) is 1.54. The van der Waals surface area contributed by atoms with E-state index in [0.29, 0.717) is 6.54 Å². The monoisotopic (exact) mass is 328 g/mol. The standard InChI is InChI=1S/C12H13N.C11H11N/c1-13-9-11-7-4-6-10-5-2-3-8-12(10)11;12-8-10-6-3-5-9-4-1-2-7-11(9)10/h2-8,13H,9H2,1H3;1-7H,8,12H2. The summed E-state index contributed by atoms with van der Waals surface area (Å²) in [6.07, 6.45) is 0. The minimum Gasteiger partial charge on any atom is -0.326 e. The minimum absolute atomic E-state index is 0.612. The summed E-state index contributed by atoms with van der Waals surface area (Å²) in [5.41, 5.74) is 8.19. The van der Waals surface area contributed by atoms with Crippen molar-refractivity contribution in [2.45, 2.75) is 13.1 Å². The Morgan fingerprint density at radius 1 is 0.640 bits per heavy atom. The molecule has 0 atom stereocenters. The van der Waals surface area contributed by atoms with E-state index in [1.165, 1.54) is 32.7 Å². The Hall–Kier alpha value is -2.68. The fraction of sp³-hybridized carbons (Fsp3) is 0.130. The first kappa shape index (κ1) is 17.2. The molecule has 0 amide bonds. The molecule has 126 valence electrons. The summed E-state index contributed by atoms with van der Waals surface area (Å²) < 4.78 is 0. The van der Waals surface area contributed by atoms with Crippen LogP contribution in [-0.4, -0.2) is 7.05 Å². The van der Waals surface area contributed by atoms with E-state index in [-0.39, 0.29) is 0 Å². The van der Waals surface area contributed by atoms with Gasteiger partial charge < -0.3 is 11.1 Å². The lowest BCUT2D eigenvalue weighted by atomic mass is 10.0. The van der Waals surface area contributed by atoms with Crippen molar-refractivity contribution in [3.63, 3.8) is 0 Å². The van der Waals surface area contributed by atoms with Crippen molar-refractivity contribution in [3.05, 3.63) is 96.1 Å². The molecule has 2 heteroatoms. The molecule has 0 heterocycles. The van der Waals surface area contributed by atoms with Gasteiger partial charge in [-0.15, -0.1) is 0 Å². The van der Waals surface area contributed by atoms with Crippen molar-refractivity contribution in [3.8, 4) is 0 Å². The first-order valence-electron chi connectivity index (χ1n) is 8.61. The Labute approximate surface area is 149 Å². The molecule has 0 aliphatic carbocycles. The van der Waals surface area contributed by atoms with Crippen LogP contribution in [0.25, 0.3) is 21.5 Å². The normalized spacial score (nSPS) is 10.5. The van der Waals surface area contributed by atoms with Crippen LogP contribution in [0.3, 0.4) is 0 Å². The van der Waals surface area contributed by atoms with Crippen LogP contribution in [0.2, 0.25) is 0 Å². The van der Waals surface area contributed by atoms with Crippen LogP contribution in [-0.2, 0) is 13.1 Å². The Morgan fingerprint density at radius 2 is 1.12 bits per heavy atom. The molecule has 0 unspecified atom stereocenters. The lowest BCUT2D eigenvalue weighted by molar-refractivity contribution is 0.824. The predicted octanol–water partition coefficient (Wildman–Crippen LogP) is 4.86. The summed E-state index contributed by atoms with van der Waals surface area (Å²) in [6, 6.07) is 29.4. The third kappa shape index (κ3) is 4.05. The third-order valence-electron chi connectivity index (χ3n) is 4.35. The number of fused-ring (bicyclic) bond motifs is 2. The number of nitrogens with two attached hydrogens (primary N) is 1. The van der Waals surface area contributed by atoms with Crippen LogP contribution in [0.15, 0.2) is 84.9 Å². The van der Waals surface area contributed by atoms with Crippen LogP contribution < -0.4 is 11.1 Å². The molecular weight excluding hydrogens is 304 g/mol. The number of hydrogen-bond acceptors (Lipinski definition) is 2. The van der Waals surface area contributed by atoms with Gasteiger partial charge in [0, 0.05) is 13.1 Å². The van der Waals surface area contributed by atoms with E-state index < -0.39 is 0 Å². The van der Waals surface area contributed by atoms with Gasteiger partial charge in [0.25, 0.3) is 0 Å². The highest BCUT2D eigenvalue weighted by Gasteiger charge is 1.97. The molecule has 0 aliphatic rings. The van der Waals surface area contributed by atoms with Crippen LogP contribution in [0, 0.1) is 0 Å². The van der Waals surface area contributed by atoms with Gasteiger partial charge in [-0.05, 0) is 39.7 Å². The molecule has 0 aromatic heterocycles. The van der Waals surface area contributed by atoms with Crippen LogP contribution in [0.5, 0.6) is 0 Å². The maximum absolute atomic E-state index is 5.62. The fourth-order valence-electron chi connectivity index (χ4n) is 3.11. The Kier molecular flexibility index (Phi) is 5.78. The zero-order valence-electron chi connectivity index (χ0n) is 14.6. The lowest BCUT2D eigenvalue weighted by Crippen LogP contribution is -2.05. The molecule has 4 aromatic rings. The van der Waals surface area contributed by atoms with Gasteiger partial charge in [0.15, 0.2) is 0 Å². The first-order chi connectivity index (χ1) is 12.3. The number of nitrogens with one attached hydrogen (secondary N) is 1. The Balaban J connectivity index is 0.000000146. The molecule has 0 aliphatic heterocycles. The number of rotatable bonds is 3. The molecule has 4 aromatic carbocycles. The summed E-state index contributed by atoms with van der Waals surface area (Å²) in [7, 11) is 1.97. The predicted molar refractivity (Wildman–Crippen MR) is 109 cm³/mol. The van der Waals surface area contributed by atoms with E-state index in [1.807, 2.05) is 25.2 Å². The SMILES string of the molecule is CNCc1cccc2ccccc12.NCc1cccc2ccccc12. The molecule has 25 heavy (non-hydrogen) atoms. The van der Waals surface area contributed by atoms with Gasteiger partial charge in [-0.3, -0.25) is 0 Å². The van der Waals surface area contributed by atoms with Gasteiger partial charge in [0.2, 0.25) is 0 Å². The van der Waals surface area contributed by atoms with E-state index in [4.69, 9.17) is 5.73 Å². The van der Waals surface area contributed by atoms with Crippen molar-refractivity contribution < 1.29 is 0 Å². The molecule has 2 nitrogen and oxygen atoms in total. The Bertz CT molecular complexity index is 949. The molecule has 0 saturated carbocycles. The lowest BCUT2D eigenvalue weighted by Gasteiger charge is -2.04.